The predicted molar refractivity (Wildman–Crippen MR) is 51.9 cm³/mol. The molecule has 0 spiro atoms. The van der Waals surface area contributed by atoms with Gasteiger partial charge in [0.05, 0.1) is 12.5 Å². The largest absolute Gasteiger partial charge is 0.381 e. The fraction of sp³-hybridized carbons (Fsp3) is 0.800. The summed E-state index contributed by atoms with van der Waals surface area (Å²) >= 11 is 0. The van der Waals surface area contributed by atoms with Gasteiger partial charge in [-0.2, -0.15) is 0 Å². The Labute approximate surface area is 84.2 Å². The summed E-state index contributed by atoms with van der Waals surface area (Å²) in [5, 5.41) is 0. The van der Waals surface area contributed by atoms with E-state index in [0.29, 0.717) is 13.1 Å². The maximum atomic E-state index is 11.5. The fourth-order valence-corrected chi connectivity index (χ4v) is 1.67. The third-order valence-corrected chi connectivity index (χ3v) is 2.53. The van der Waals surface area contributed by atoms with Crippen LogP contribution in [0.25, 0.3) is 0 Å². The van der Waals surface area contributed by atoms with Gasteiger partial charge >= 0.3 is 0 Å². The monoisotopic (exact) mass is 199 g/mol. The Morgan fingerprint density at radius 1 is 1.36 bits per heavy atom. The van der Waals surface area contributed by atoms with E-state index in [0.717, 1.165) is 12.8 Å². The topological polar surface area (TPSA) is 46.6 Å². The van der Waals surface area contributed by atoms with E-state index in [9.17, 15) is 9.59 Å². The number of hydrogen-bond acceptors (Lipinski definition) is 3. The van der Waals surface area contributed by atoms with Crippen molar-refractivity contribution in [1.29, 1.82) is 0 Å². The van der Waals surface area contributed by atoms with E-state index in [4.69, 9.17) is 4.74 Å². The van der Waals surface area contributed by atoms with E-state index in [2.05, 4.69) is 0 Å². The Balaban J connectivity index is 2.34. The smallest absolute Gasteiger partial charge is 0.230 e. The van der Waals surface area contributed by atoms with Crippen molar-refractivity contribution in [1.82, 2.24) is 4.90 Å². The number of rotatable bonds is 3. The molecular weight excluding hydrogens is 182 g/mol. The quantitative estimate of drug-likeness (QED) is 0.625. The molecule has 0 atom stereocenters. The predicted octanol–water partition coefficient (Wildman–Crippen LogP) is 0.603. The van der Waals surface area contributed by atoms with Crippen LogP contribution in [0.5, 0.6) is 0 Å². The van der Waals surface area contributed by atoms with Crippen LogP contribution < -0.4 is 0 Å². The van der Waals surface area contributed by atoms with E-state index >= 15 is 0 Å². The molecule has 1 aliphatic heterocycles. The number of methoxy groups -OCH3 is 1. The molecule has 0 aliphatic carbocycles. The first-order valence-corrected chi connectivity index (χ1v) is 4.93. The molecule has 0 aromatic heterocycles. The lowest BCUT2D eigenvalue weighted by molar-refractivity contribution is -0.136. The van der Waals surface area contributed by atoms with Gasteiger partial charge in [0.15, 0.2) is 0 Å². The molecule has 0 radical (unpaired) electrons. The molecule has 0 aromatic rings. The molecule has 1 amide bonds. The summed E-state index contributed by atoms with van der Waals surface area (Å²) in [5.74, 6) is -0.115. The number of carbonyl (C=O) groups is 2. The Hall–Kier alpha value is -0.900. The molecule has 1 rings (SSSR count). The van der Waals surface area contributed by atoms with Gasteiger partial charge in [-0.15, -0.1) is 0 Å². The number of Topliss-reactive ketones (excluding diaryl/α,β-unsaturated/α-hetero) is 1. The molecule has 0 N–H and O–H groups in total. The van der Waals surface area contributed by atoms with Gasteiger partial charge in [0.1, 0.15) is 5.78 Å². The zero-order chi connectivity index (χ0) is 10.6. The Bertz CT molecular complexity index is 219. The Kier molecular flexibility index (Phi) is 4.07. The van der Waals surface area contributed by atoms with Gasteiger partial charge in [-0.1, -0.05) is 0 Å². The molecule has 1 saturated heterocycles. The summed E-state index contributed by atoms with van der Waals surface area (Å²) in [7, 11) is 1.69. The van der Waals surface area contributed by atoms with Crippen LogP contribution in [0, 0.1) is 0 Å². The lowest BCUT2D eigenvalue weighted by atomic mass is 10.1. The molecule has 80 valence electrons. The van der Waals surface area contributed by atoms with Gasteiger partial charge in [0.25, 0.3) is 0 Å². The van der Waals surface area contributed by atoms with Crippen molar-refractivity contribution in [2.75, 3.05) is 20.2 Å². The molecule has 0 aromatic carbocycles. The number of piperidine rings is 1. The van der Waals surface area contributed by atoms with Crippen LogP contribution in [0.1, 0.15) is 26.2 Å². The molecule has 4 heteroatoms. The van der Waals surface area contributed by atoms with Crippen molar-refractivity contribution in [3.8, 4) is 0 Å². The second kappa shape index (κ2) is 5.10. The minimum atomic E-state index is -0.0659. The van der Waals surface area contributed by atoms with Crippen LogP contribution in [-0.2, 0) is 14.3 Å². The zero-order valence-corrected chi connectivity index (χ0v) is 8.78. The van der Waals surface area contributed by atoms with Crippen molar-refractivity contribution in [3.05, 3.63) is 0 Å². The number of carbonyl (C=O) groups excluding carboxylic acids is 2. The van der Waals surface area contributed by atoms with E-state index in [1.807, 2.05) is 0 Å². The first-order chi connectivity index (χ1) is 6.63. The molecule has 0 bridgehead atoms. The number of ether oxygens (including phenoxy) is 1. The molecular formula is C10H17NO3. The van der Waals surface area contributed by atoms with Crippen molar-refractivity contribution in [2.24, 2.45) is 0 Å². The highest BCUT2D eigenvalue weighted by atomic mass is 16.5. The second-order valence-electron chi connectivity index (χ2n) is 3.69. The van der Waals surface area contributed by atoms with Crippen molar-refractivity contribution in [2.45, 2.75) is 32.3 Å². The lowest BCUT2D eigenvalue weighted by Gasteiger charge is -2.31. The highest BCUT2D eigenvalue weighted by Gasteiger charge is 2.22. The van der Waals surface area contributed by atoms with Gasteiger partial charge in [-0.05, 0) is 19.8 Å². The molecule has 4 nitrogen and oxygen atoms in total. The van der Waals surface area contributed by atoms with Gasteiger partial charge < -0.3 is 9.64 Å². The highest BCUT2D eigenvalue weighted by molar-refractivity contribution is 5.96. The average Bonchev–Trinajstić information content (AvgIpc) is 2.17. The average molecular weight is 199 g/mol. The molecule has 1 heterocycles. The standard InChI is InChI=1S/C10H17NO3/c1-8(12)7-10(13)11-5-3-9(14-2)4-6-11/h9H,3-7H2,1-2H3. The molecule has 14 heavy (non-hydrogen) atoms. The summed E-state index contributed by atoms with van der Waals surface area (Å²) in [4.78, 5) is 24.0. The summed E-state index contributed by atoms with van der Waals surface area (Å²) in [6.07, 6.45) is 2.06. The fourth-order valence-electron chi connectivity index (χ4n) is 1.67. The number of hydrogen-bond donors (Lipinski definition) is 0. The van der Waals surface area contributed by atoms with Gasteiger partial charge in [-0.25, -0.2) is 0 Å². The first-order valence-electron chi connectivity index (χ1n) is 4.93. The normalized spacial score (nSPS) is 18.3. The maximum absolute atomic E-state index is 11.5. The van der Waals surface area contributed by atoms with Gasteiger partial charge in [0.2, 0.25) is 5.91 Å². The zero-order valence-electron chi connectivity index (χ0n) is 8.78. The molecule has 0 saturated carbocycles. The molecule has 0 unspecified atom stereocenters. The van der Waals surface area contributed by atoms with Crippen molar-refractivity contribution < 1.29 is 14.3 Å². The number of likely N-dealkylation sites (tertiary alicyclic amines) is 1. The van der Waals surface area contributed by atoms with Gasteiger partial charge in [-0.3, -0.25) is 9.59 Å². The minimum absolute atomic E-state index is 0.0393. The van der Waals surface area contributed by atoms with E-state index in [1.54, 1.807) is 12.0 Å². The van der Waals surface area contributed by atoms with Crippen LogP contribution in [0.15, 0.2) is 0 Å². The molecule has 1 aliphatic rings. The van der Waals surface area contributed by atoms with E-state index < -0.39 is 0 Å². The van der Waals surface area contributed by atoms with Crippen molar-refractivity contribution in [3.63, 3.8) is 0 Å². The van der Waals surface area contributed by atoms with E-state index in [1.165, 1.54) is 6.92 Å². The summed E-state index contributed by atoms with van der Waals surface area (Å²) in [6, 6.07) is 0. The third kappa shape index (κ3) is 3.10. The maximum Gasteiger partial charge on any atom is 0.230 e. The molecule has 1 fully saturated rings. The first kappa shape index (κ1) is 11.2. The van der Waals surface area contributed by atoms with Crippen LogP contribution in [0.4, 0.5) is 0 Å². The number of ketones is 1. The van der Waals surface area contributed by atoms with Crippen LogP contribution in [-0.4, -0.2) is 42.9 Å². The Morgan fingerprint density at radius 3 is 2.36 bits per heavy atom. The Morgan fingerprint density at radius 2 is 1.93 bits per heavy atom. The minimum Gasteiger partial charge on any atom is -0.381 e. The van der Waals surface area contributed by atoms with Crippen LogP contribution in [0.2, 0.25) is 0 Å². The van der Waals surface area contributed by atoms with Crippen LogP contribution >= 0.6 is 0 Å². The van der Waals surface area contributed by atoms with Crippen LogP contribution in [0.3, 0.4) is 0 Å². The summed E-state index contributed by atoms with van der Waals surface area (Å²) in [6.45, 7) is 2.87. The second-order valence-corrected chi connectivity index (χ2v) is 3.69. The SMILES string of the molecule is COC1CCN(C(=O)CC(C)=O)CC1. The number of amides is 1. The van der Waals surface area contributed by atoms with Gasteiger partial charge in [0, 0.05) is 20.2 Å². The number of nitrogens with zero attached hydrogens (tertiary/aromatic N) is 1. The third-order valence-electron chi connectivity index (χ3n) is 2.53. The van der Waals surface area contributed by atoms with E-state index in [-0.39, 0.29) is 24.2 Å². The summed E-state index contributed by atoms with van der Waals surface area (Å²) < 4.78 is 5.20. The summed E-state index contributed by atoms with van der Waals surface area (Å²) in [5.41, 5.74) is 0. The van der Waals surface area contributed by atoms with Crippen molar-refractivity contribution >= 4 is 11.7 Å². The lowest BCUT2D eigenvalue weighted by Crippen LogP contribution is -2.41. The highest BCUT2D eigenvalue weighted by Crippen LogP contribution is 2.13.